The van der Waals surface area contributed by atoms with E-state index in [4.69, 9.17) is 5.84 Å². The topological polar surface area (TPSA) is 50.9 Å². The third kappa shape index (κ3) is 2.26. The summed E-state index contributed by atoms with van der Waals surface area (Å²) in [5.74, 6) is 5.75. The van der Waals surface area contributed by atoms with Gasteiger partial charge in [0.25, 0.3) is 0 Å². The number of rotatable bonds is 3. The number of hydrogen-bond donors (Lipinski definition) is 2. The summed E-state index contributed by atoms with van der Waals surface area (Å²) < 4.78 is 0. The maximum absolute atomic E-state index is 5.75. The molecule has 0 spiro atoms. The quantitative estimate of drug-likeness (QED) is 0.567. The molecule has 2 aromatic heterocycles. The molecule has 3 aromatic rings. The fourth-order valence-corrected chi connectivity index (χ4v) is 3.07. The van der Waals surface area contributed by atoms with Gasteiger partial charge in [-0.2, -0.15) is 0 Å². The number of pyridine rings is 1. The second kappa shape index (κ2) is 5.09. The zero-order valence-corrected chi connectivity index (χ0v) is 11.4. The number of hydrogen-bond acceptors (Lipinski definition) is 4. The van der Waals surface area contributed by atoms with Crippen LogP contribution in [0.15, 0.2) is 48.0 Å². The Morgan fingerprint density at radius 3 is 2.89 bits per heavy atom. The number of aryl methyl sites for hydroxylation is 1. The van der Waals surface area contributed by atoms with E-state index in [0.29, 0.717) is 0 Å². The van der Waals surface area contributed by atoms with Crippen molar-refractivity contribution in [2.24, 2.45) is 5.84 Å². The van der Waals surface area contributed by atoms with E-state index in [1.807, 2.05) is 18.3 Å². The van der Waals surface area contributed by atoms with Gasteiger partial charge < -0.3 is 0 Å². The third-order valence-electron chi connectivity index (χ3n) is 3.34. The summed E-state index contributed by atoms with van der Waals surface area (Å²) in [6, 6.07) is 12.4. The molecular formula is C15H15N3S. The van der Waals surface area contributed by atoms with Crippen molar-refractivity contribution < 1.29 is 0 Å². The molecule has 0 saturated carbocycles. The first-order valence-corrected chi connectivity index (χ1v) is 7.02. The number of benzene rings is 1. The Morgan fingerprint density at radius 2 is 2.16 bits per heavy atom. The van der Waals surface area contributed by atoms with E-state index in [1.165, 1.54) is 10.4 Å². The summed E-state index contributed by atoms with van der Waals surface area (Å²) in [5.41, 5.74) is 6.31. The second-order valence-electron chi connectivity index (χ2n) is 4.49. The highest BCUT2D eigenvalue weighted by atomic mass is 32.1. The van der Waals surface area contributed by atoms with Crippen LogP contribution in [0.4, 0.5) is 0 Å². The fraction of sp³-hybridized carbons (Fsp3) is 0.133. The van der Waals surface area contributed by atoms with Gasteiger partial charge in [-0.25, -0.2) is 5.43 Å². The lowest BCUT2D eigenvalue weighted by molar-refractivity contribution is 0.637. The van der Waals surface area contributed by atoms with Crippen LogP contribution >= 0.6 is 11.3 Å². The molecule has 0 fully saturated rings. The fourth-order valence-electron chi connectivity index (χ4n) is 2.33. The lowest BCUT2D eigenvalue weighted by Crippen LogP contribution is -2.28. The van der Waals surface area contributed by atoms with E-state index in [2.05, 4.69) is 47.0 Å². The van der Waals surface area contributed by atoms with Gasteiger partial charge in [-0.1, -0.05) is 12.1 Å². The number of thiophene rings is 1. The molecule has 3 nitrogen and oxygen atoms in total. The van der Waals surface area contributed by atoms with Crippen molar-refractivity contribution in [3.05, 3.63) is 64.0 Å². The van der Waals surface area contributed by atoms with Gasteiger partial charge in [0.2, 0.25) is 0 Å². The van der Waals surface area contributed by atoms with Gasteiger partial charge in [-0.15, -0.1) is 11.3 Å². The van der Waals surface area contributed by atoms with E-state index in [9.17, 15) is 0 Å². The third-order valence-corrected chi connectivity index (χ3v) is 4.20. The summed E-state index contributed by atoms with van der Waals surface area (Å²) in [6.45, 7) is 2.12. The Labute approximate surface area is 116 Å². The molecular weight excluding hydrogens is 254 g/mol. The van der Waals surface area contributed by atoms with Crippen LogP contribution < -0.4 is 11.3 Å². The SMILES string of the molecule is Cc1sccc1C(NN)c1ccc2ncccc2c1. The van der Waals surface area contributed by atoms with Crippen molar-refractivity contribution in [3.63, 3.8) is 0 Å². The van der Waals surface area contributed by atoms with Crippen LogP contribution in [0.1, 0.15) is 22.0 Å². The largest absolute Gasteiger partial charge is 0.271 e. The number of nitrogens with two attached hydrogens (primary N) is 1. The van der Waals surface area contributed by atoms with Crippen LogP contribution in [0, 0.1) is 6.92 Å². The number of aromatic nitrogens is 1. The van der Waals surface area contributed by atoms with Crippen LogP contribution in [-0.4, -0.2) is 4.98 Å². The maximum Gasteiger partial charge on any atom is 0.0720 e. The van der Waals surface area contributed by atoms with Crippen molar-refractivity contribution in [2.75, 3.05) is 0 Å². The molecule has 0 amide bonds. The van der Waals surface area contributed by atoms with Crippen molar-refractivity contribution >= 4 is 22.2 Å². The Hall–Kier alpha value is -1.75. The van der Waals surface area contributed by atoms with Crippen LogP contribution in [0.3, 0.4) is 0 Å². The zero-order chi connectivity index (χ0) is 13.2. The normalized spacial score (nSPS) is 12.7. The molecule has 1 unspecified atom stereocenters. The molecule has 0 bridgehead atoms. The molecule has 96 valence electrons. The number of hydrazine groups is 1. The van der Waals surface area contributed by atoms with Crippen molar-refractivity contribution in [1.29, 1.82) is 0 Å². The van der Waals surface area contributed by atoms with Gasteiger partial charge in [-0.05, 0) is 47.7 Å². The highest BCUT2D eigenvalue weighted by Gasteiger charge is 2.15. The van der Waals surface area contributed by atoms with Crippen molar-refractivity contribution in [3.8, 4) is 0 Å². The number of fused-ring (bicyclic) bond motifs is 1. The van der Waals surface area contributed by atoms with E-state index in [1.54, 1.807) is 11.3 Å². The standard InChI is InChI=1S/C15H15N3S/c1-10-13(6-8-19-10)15(18-16)12-4-5-14-11(9-12)3-2-7-17-14/h2-9,15,18H,16H2,1H3. The predicted octanol–water partition coefficient (Wildman–Crippen LogP) is 3.16. The summed E-state index contributed by atoms with van der Waals surface area (Å²) in [6.07, 6.45) is 1.81. The first-order chi connectivity index (χ1) is 9.29. The van der Waals surface area contributed by atoms with Gasteiger partial charge in [-0.3, -0.25) is 10.8 Å². The van der Waals surface area contributed by atoms with Gasteiger partial charge in [0.15, 0.2) is 0 Å². The Kier molecular flexibility index (Phi) is 3.29. The van der Waals surface area contributed by atoms with Crippen LogP contribution in [-0.2, 0) is 0 Å². The average molecular weight is 269 g/mol. The molecule has 1 aromatic carbocycles. The zero-order valence-electron chi connectivity index (χ0n) is 10.6. The summed E-state index contributed by atoms with van der Waals surface area (Å²) in [7, 11) is 0. The van der Waals surface area contributed by atoms with Gasteiger partial charge in [0.05, 0.1) is 11.6 Å². The lowest BCUT2D eigenvalue weighted by Gasteiger charge is -2.17. The second-order valence-corrected chi connectivity index (χ2v) is 5.61. The molecule has 0 aliphatic heterocycles. The van der Waals surface area contributed by atoms with Gasteiger partial charge in [0, 0.05) is 16.5 Å². The summed E-state index contributed by atoms with van der Waals surface area (Å²) in [4.78, 5) is 5.62. The maximum atomic E-state index is 5.75. The van der Waals surface area contributed by atoms with Crippen LogP contribution in [0.2, 0.25) is 0 Å². The average Bonchev–Trinajstić information content (AvgIpc) is 2.86. The Bertz CT molecular complexity index is 705. The molecule has 0 radical (unpaired) electrons. The Morgan fingerprint density at radius 1 is 1.26 bits per heavy atom. The number of nitrogens with one attached hydrogen (secondary N) is 1. The first-order valence-electron chi connectivity index (χ1n) is 6.14. The van der Waals surface area contributed by atoms with Crippen molar-refractivity contribution in [2.45, 2.75) is 13.0 Å². The highest BCUT2D eigenvalue weighted by molar-refractivity contribution is 7.10. The molecule has 19 heavy (non-hydrogen) atoms. The molecule has 0 saturated heterocycles. The van der Waals surface area contributed by atoms with E-state index >= 15 is 0 Å². The van der Waals surface area contributed by atoms with Gasteiger partial charge in [0.1, 0.15) is 0 Å². The smallest absolute Gasteiger partial charge is 0.0720 e. The summed E-state index contributed by atoms with van der Waals surface area (Å²) in [5, 5.41) is 3.23. The summed E-state index contributed by atoms with van der Waals surface area (Å²) >= 11 is 1.74. The van der Waals surface area contributed by atoms with E-state index in [-0.39, 0.29) is 6.04 Å². The molecule has 2 heterocycles. The predicted molar refractivity (Wildman–Crippen MR) is 80.0 cm³/mol. The highest BCUT2D eigenvalue weighted by Crippen LogP contribution is 2.29. The van der Waals surface area contributed by atoms with Gasteiger partial charge >= 0.3 is 0 Å². The Balaban J connectivity index is 2.09. The minimum Gasteiger partial charge on any atom is -0.271 e. The van der Waals surface area contributed by atoms with E-state index < -0.39 is 0 Å². The molecule has 3 N–H and O–H groups in total. The van der Waals surface area contributed by atoms with Crippen LogP contribution in [0.5, 0.6) is 0 Å². The molecule has 0 aliphatic rings. The minimum atomic E-state index is 0.0239. The minimum absolute atomic E-state index is 0.0239. The lowest BCUT2D eigenvalue weighted by atomic mass is 9.98. The van der Waals surface area contributed by atoms with Crippen LogP contribution in [0.25, 0.3) is 10.9 Å². The first kappa shape index (κ1) is 12.3. The molecule has 4 heteroatoms. The monoisotopic (exact) mass is 269 g/mol. The molecule has 0 aliphatic carbocycles. The van der Waals surface area contributed by atoms with Crippen molar-refractivity contribution in [1.82, 2.24) is 10.4 Å². The molecule has 3 rings (SSSR count). The van der Waals surface area contributed by atoms with E-state index in [0.717, 1.165) is 16.5 Å². The molecule has 1 atom stereocenters. The number of nitrogens with zero attached hydrogens (tertiary/aromatic N) is 1.